The summed E-state index contributed by atoms with van der Waals surface area (Å²) in [6, 6.07) is 10.8. The van der Waals surface area contributed by atoms with Gasteiger partial charge in [-0.3, -0.25) is 4.79 Å². The van der Waals surface area contributed by atoms with Crippen LogP contribution in [-0.4, -0.2) is 29.1 Å². The number of carbonyl (C=O) groups is 1. The number of fused-ring (bicyclic) bond motifs is 1. The molecule has 0 saturated heterocycles. The van der Waals surface area contributed by atoms with Crippen LogP contribution in [0.1, 0.15) is 15.9 Å². The van der Waals surface area contributed by atoms with E-state index in [-0.39, 0.29) is 12.3 Å². The predicted molar refractivity (Wildman–Crippen MR) is 113 cm³/mol. The summed E-state index contributed by atoms with van der Waals surface area (Å²) >= 11 is 6.37. The zero-order chi connectivity index (χ0) is 21.3. The van der Waals surface area contributed by atoms with Gasteiger partial charge in [-0.1, -0.05) is 17.7 Å². The number of anilines is 4. The largest absolute Gasteiger partial charge is 0.489 e. The molecule has 2 aromatic carbocycles. The van der Waals surface area contributed by atoms with Gasteiger partial charge in [0.25, 0.3) is 5.91 Å². The van der Waals surface area contributed by atoms with Crippen molar-refractivity contribution < 1.29 is 19.0 Å². The number of nitrogens with zero attached hydrogens (tertiary/aromatic N) is 2. The Morgan fingerprint density at radius 3 is 2.90 bits per heavy atom. The number of carbonyl (C=O) groups excluding carboxylic acids is 1. The first-order valence-corrected chi connectivity index (χ1v) is 9.50. The van der Waals surface area contributed by atoms with Crippen molar-refractivity contribution in [3.63, 3.8) is 0 Å². The van der Waals surface area contributed by atoms with Gasteiger partial charge >= 0.3 is 0 Å². The van der Waals surface area contributed by atoms with Crippen molar-refractivity contribution in [2.75, 3.05) is 29.1 Å². The maximum atomic E-state index is 13.4. The topological polar surface area (TPSA) is 101 Å². The summed E-state index contributed by atoms with van der Waals surface area (Å²) in [5, 5.41) is 12.4. The number of amides is 1. The summed E-state index contributed by atoms with van der Waals surface area (Å²) in [7, 11) is 0. The molecule has 0 spiro atoms. The highest BCUT2D eigenvalue weighted by molar-refractivity contribution is 6.33. The Balaban J connectivity index is 1.67. The number of aromatic nitrogens is 1. The maximum Gasteiger partial charge on any atom is 0.259 e. The molecule has 0 unspecified atom stereocenters. The molecule has 1 amide bonds. The summed E-state index contributed by atoms with van der Waals surface area (Å²) in [4.78, 5) is 19.1. The second-order valence-electron chi connectivity index (χ2n) is 6.65. The molecule has 0 aliphatic carbocycles. The number of aliphatic hydroxyl groups is 1. The van der Waals surface area contributed by atoms with Gasteiger partial charge in [-0.15, -0.1) is 0 Å². The first-order valence-electron chi connectivity index (χ1n) is 9.13. The molecule has 9 heteroatoms. The molecule has 0 atom stereocenters. The Labute approximate surface area is 176 Å². The molecule has 1 aliphatic rings. The number of ether oxygens (including phenoxy) is 1. The monoisotopic (exact) mass is 428 g/mol. The highest BCUT2D eigenvalue weighted by Gasteiger charge is 2.27. The number of nitrogens with two attached hydrogens (primary N) is 1. The fourth-order valence-electron chi connectivity index (χ4n) is 3.22. The zero-order valence-electron chi connectivity index (χ0n) is 15.7. The van der Waals surface area contributed by atoms with Crippen molar-refractivity contribution in [2.45, 2.75) is 6.61 Å². The Morgan fingerprint density at radius 2 is 2.17 bits per heavy atom. The van der Waals surface area contributed by atoms with Crippen LogP contribution in [0, 0.1) is 5.82 Å². The van der Waals surface area contributed by atoms with Crippen LogP contribution in [0.3, 0.4) is 0 Å². The Kier molecular flexibility index (Phi) is 5.43. The van der Waals surface area contributed by atoms with Crippen molar-refractivity contribution in [3.8, 4) is 5.75 Å². The number of aliphatic hydroxyl groups excluding tert-OH is 1. The number of hydrogen-bond acceptors (Lipinski definition) is 6. The zero-order valence-corrected chi connectivity index (χ0v) is 16.5. The van der Waals surface area contributed by atoms with Crippen LogP contribution >= 0.6 is 11.6 Å². The molecular weight excluding hydrogens is 411 g/mol. The lowest BCUT2D eigenvalue weighted by atomic mass is 10.1. The number of nitrogen functional groups attached to an aromatic ring is 1. The highest BCUT2D eigenvalue weighted by atomic mass is 35.5. The van der Waals surface area contributed by atoms with Crippen molar-refractivity contribution >= 4 is 40.4 Å². The lowest BCUT2D eigenvalue weighted by Crippen LogP contribution is -2.31. The van der Waals surface area contributed by atoms with E-state index in [2.05, 4.69) is 10.3 Å². The molecule has 4 N–H and O–H groups in total. The fraction of sp³-hybridized carbons (Fsp3) is 0.143. The minimum Gasteiger partial charge on any atom is -0.489 e. The number of benzene rings is 2. The summed E-state index contributed by atoms with van der Waals surface area (Å²) in [5.74, 6) is -0.0854. The lowest BCUT2D eigenvalue weighted by molar-refractivity contribution is 0.102. The summed E-state index contributed by atoms with van der Waals surface area (Å²) in [6.07, 6.45) is 1.55. The summed E-state index contributed by atoms with van der Waals surface area (Å²) in [6.45, 7) is 0.642. The van der Waals surface area contributed by atoms with Gasteiger partial charge in [0, 0.05) is 11.9 Å². The van der Waals surface area contributed by atoms with Gasteiger partial charge < -0.3 is 25.8 Å². The van der Waals surface area contributed by atoms with Gasteiger partial charge in [0.15, 0.2) is 11.6 Å². The average molecular weight is 429 g/mol. The Morgan fingerprint density at radius 1 is 1.33 bits per heavy atom. The van der Waals surface area contributed by atoms with E-state index in [1.807, 2.05) is 4.90 Å². The van der Waals surface area contributed by atoms with Crippen LogP contribution in [0.4, 0.5) is 27.3 Å². The van der Waals surface area contributed by atoms with Gasteiger partial charge in [-0.05, 0) is 42.0 Å². The fourth-order valence-corrected chi connectivity index (χ4v) is 3.51. The number of rotatable bonds is 4. The van der Waals surface area contributed by atoms with E-state index in [0.29, 0.717) is 52.2 Å². The molecule has 154 valence electrons. The smallest absolute Gasteiger partial charge is 0.259 e. The third-order valence-electron chi connectivity index (χ3n) is 4.66. The number of nitrogens with one attached hydrogen (secondary N) is 1. The van der Waals surface area contributed by atoms with E-state index >= 15 is 0 Å². The molecule has 1 aliphatic heterocycles. The van der Waals surface area contributed by atoms with Gasteiger partial charge in [0.2, 0.25) is 0 Å². The standard InChI is InChI=1S/C21H18ClFN4O3/c22-15-8-12(11-28)10-25-20(15)27-6-7-30-19-14(2-1-3-18(19)27)21(29)26-13-4-5-16(23)17(24)9-13/h1-5,8-10,28H,6-7,11,24H2,(H,26,29). The first kappa shape index (κ1) is 19.9. The molecule has 4 rings (SSSR count). The van der Waals surface area contributed by atoms with Crippen molar-refractivity contribution in [1.29, 1.82) is 0 Å². The molecule has 30 heavy (non-hydrogen) atoms. The van der Waals surface area contributed by atoms with E-state index in [1.54, 1.807) is 30.5 Å². The molecular formula is C21H18ClFN4O3. The SMILES string of the molecule is Nc1cc(NC(=O)c2cccc3c2OCCN3c2ncc(CO)cc2Cl)ccc1F. The van der Waals surface area contributed by atoms with Crippen LogP contribution in [0.2, 0.25) is 5.02 Å². The molecule has 0 fully saturated rings. The second kappa shape index (κ2) is 8.17. The Bertz CT molecular complexity index is 1130. The second-order valence-corrected chi connectivity index (χ2v) is 7.06. The molecule has 0 saturated carbocycles. The molecule has 0 bridgehead atoms. The molecule has 1 aromatic heterocycles. The Hall–Kier alpha value is -3.36. The van der Waals surface area contributed by atoms with E-state index in [1.165, 1.54) is 18.2 Å². The summed E-state index contributed by atoms with van der Waals surface area (Å²) in [5.41, 5.74) is 7.43. The molecule has 7 nitrogen and oxygen atoms in total. The minimum absolute atomic E-state index is 0.0580. The van der Waals surface area contributed by atoms with Crippen molar-refractivity contribution in [3.05, 3.63) is 70.6 Å². The minimum atomic E-state index is -0.555. The average Bonchev–Trinajstić information content (AvgIpc) is 2.75. The van der Waals surface area contributed by atoms with E-state index < -0.39 is 11.7 Å². The number of para-hydroxylation sites is 1. The van der Waals surface area contributed by atoms with Crippen LogP contribution in [0.5, 0.6) is 5.75 Å². The molecule has 0 radical (unpaired) electrons. The van der Waals surface area contributed by atoms with Crippen molar-refractivity contribution in [1.82, 2.24) is 4.98 Å². The van der Waals surface area contributed by atoms with Gasteiger partial charge in [0.05, 0.1) is 35.1 Å². The third kappa shape index (κ3) is 3.74. The third-order valence-corrected chi connectivity index (χ3v) is 4.94. The van der Waals surface area contributed by atoms with Gasteiger partial charge in [-0.25, -0.2) is 9.37 Å². The number of halogens is 2. The predicted octanol–water partition coefficient (Wildman–Crippen LogP) is 3.73. The summed E-state index contributed by atoms with van der Waals surface area (Å²) < 4.78 is 19.2. The van der Waals surface area contributed by atoms with Crippen LogP contribution < -0.4 is 20.7 Å². The van der Waals surface area contributed by atoms with Crippen LogP contribution in [-0.2, 0) is 6.61 Å². The highest BCUT2D eigenvalue weighted by Crippen LogP contribution is 2.40. The van der Waals surface area contributed by atoms with Gasteiger partial charge in [0.1, 0.15) is 12.4 Å². The van der Waals surface area contributed by atoms with E-state index in [4.69, 9.17) is 22.1 Å². The van der Waals surface area contributed by atoms with Crippen LogP contribution in [0.15, 0.2) is 48.7 Å². The quantitative estimate of drug-likeness (QED) is 0.547. The van der Waals surface area contributed by atoms with Crippen LogP contribution in [0.25, 0.3) is 0 Å². The number of hydrogen-bond donors (Lipinski definition) is 3. The van der Waals surface area contributed by atoms with E-state index in [0.717, 1.165) is 0 Å². The van der Waals surface area contributed by atoms with Gasteiger partial charge in [-0.2, -0.15) is 0 Å². The maximum absolute atomic E-state index is 13.4. The van der Waals surface area contributed by atoms with Crippen molar-refractivity contribution in [2.24, 2.45) is 0 Å². The first-order chi connectivity index (χ1) is 14.5. The molecule has 3 aromatic rings. The number of pyridine rings is 1. The normalized spacial score (nSPS) is 12.8. The molecule has 2 heterocycles. The lowest BCUT2D eigenvalue weighted by Gasteiger charge is -2.32. The van der Waals surface area contributed by atoms with E-state index in [9.17, 15) is 14.3 Å².